The third-order valence-corrected chi connectivity index (χ3v) is 2.44. The first-order chi connectivity index (χ1) is 7.59. The van der Waals surface area contributed by atoms with Crippen molar-refractivity contribution in [3.05, 3.63) is 40.8 Å². The Balaban J connectivity index is 2.59. The topological polar surface area (TPSA) is 68.0 Å². The maximum atomic E-state index is 11.0. The number of aryl methyl sites for hydroxylation is 1. The van der Waals surface area contributed by atoms with Crippen LogP contribution in [0.25, 0.3) is 5.82 Å². The van der Waals surface area contributed by atoms with E-state index in [2.05, 4.69) is 10.1 Å². The highest BCUT2D eigenvalue weighted by atomic mass is 35.5. The molecule has 0 saturated carbocycles. The van der Waals surface area contributed by atoms with E-state index < -0.39 is 5.97 Å². The second-order valence-corrected chi connectivity index (χ2v) is 3.59. The largest absolute Gasteiger partial charge is 0.478 e. The maximum Gasteiger partial charge on any atom is 0.339 e. The van der Waals surface area contributed by atoms with Crippen molar-refractivity contribution in [3.8, 4) is 5.82 Å². The van der Waals surface area contributed by atoms with Crippen LogP contribution in [0.15, 0.2) is 24.5 Å². The maximum absolute atomic E-state index is 11.0. The molecule has 0 aliphatic carbocycles. The lowest BCUT2D eigenvalue weighted by Crippen LogP contribution is -2.07. The lowest BCUT2D eigenvalue weighted by atomic mass is 10.2. The molecule has 2 aromatic heterocycles. The van der Waals surface area contributed by atoms with Gasteiger partial charge in [0, 0.05) is 6.20 Å². The van der Waals surface area contributed by atoms with Crippen LogP contribution in [0.4, 0.5) is 0 Å². The number of aromatic carboxylic acids is 1. The highest BCUT2D eigenvalue weighted by Gasteiger charge is 2.14. The highest BCUT2D eigenvalue weighted by molar-refractivity contribution is 6.31. The van der Waals surface area contributed by atoms with E-state index in [0.717, 1.165) is 0 Å². The zero-order valence-corrected chi connectivity index (χ0v) is 9.14. The minimum Gasteiger partial charge on any atom is -0.478 e. The molecule has 16 heavy (non-hydrogen) atoms. The van der Waals surface area contributed by atoms with Crippen molar-refractivity contribution in [3.63, 3.8) is 0 Å². The fraction of sp³-hybridized carbons (Fsp3) is 0.100. The summed E-state index contributed by atoms with van der Waals surface area (Å²) in [7, 11) is 0. The number of hydrogen-bond acceptors (Lipinski definition) is 3. The Morgan fingerprint density at radius 1 is 1.56 bits per heavy atom. The van der Waals surface area contributed by atoms with E-state index in [-0.39, 0.29) is 11.4 Å². The number of halogens is 1. The number of carbonyl (C=O) groups is 1. The number of pyridine rings is 1. The molecule has 2 aromatic rings. The first kappa shape index (κ1) is 10.6. The molecular weight excluding hydrogens is 230 g/mol. The van der Waals surface area contributed by atoms with Crippen molar-refractivity contribution in [2.45, 2.75) is 6.92 Å². The molecule has 2 heterocycles. The Hall–Kier alpha value is -1.88. The Kier molecular flexibility index (Phi) is 2.62. The quantitative estimate of drug-likeness (QED) is 0.867. The standard InChI is InChI=1S/C10H8ClN3O2/c1-6-8(11)5-14(13-6)9-7(10(15)16)3-2-4-12-9/h2-5H,1H3,(H,15,16). The van der Waals surface area contributed by atoms with Gasteiger partial charge in [-0.15, -0.1) is 0 Å². The number of aromatic nitrogens is 3. The van der Waals surface area contributed by atoms with Gasteiger partial charge >= 0.3 is 5.97 Å². The van der Waals surface area contributed by atoms with Crippen LogP contribution in [-0.4, -0.2) is 25.8 Å². The molecule has 0 aliphatic rings. The van der Waals surface area contributed by atoms with Gasteiger partial charge in [0.2, 0.25) is 0 Å². The molecule has 0 fully saturated rings. The van der Waals surface area contributed by atoms with E-state index in [1.807, 2.05) is 0 Å². The fourth-order valence-corrected chi connectivity index (χ4v) is 1.42. The molecule has 0 bridgehead atoms. The predicted octanol–water partition coefficient (Wildman–Crippen LogP) is 1.93. The zero-order chi connectivity index (χ0) is 11.7. The number of rotatable bonds is 2. The van der Waals surface area contributed by atoms with Crippen LogP contribution < -0.4 is 0 Å². The van der Waals surface area contributed by atoms with Gasteiger partial charge in [0.1, 0.15) is 5.56 Å². The average molecular weight is 238 g/mol. The molecule has 0 spiro atoms. The van der Waals surface area contributed by atoms with Gasteiger partial charge < -0.3 is 5.11 Å². The minimum atomic E-state index is -1.05. The van der Waals surface area contributed by atoms with Crippen LogP contribution >= 0.6 is 11.6 Å². The summed E-state index contributed by atoms with van der Waals surface area (Å²) in [4.78, 5) is 15.0. The van der Waals surface area contributed by atoms with Gasteiger partial charge in [0.05, 0.1) is 16.9 Å². The van der Waals surface area contributed by atoms with Gasteiger partial charge in [-0.2, -0.15) is 5.10 Å². The van der Waals surface area contributed by atoms with Crippen molar-refractivity contribution < 1.29 is 9.90 Å². The Bertz CT molecular complexity index is 531. The number of nitrogens with zero attached hydrogens (tertiary/aromatic N) is 3. The summed E-state index contributed by atoms with van der Waals surface area (Å²) in [5, 5.41) is 13.5. The van der Waals surface area contributed by atoms with Crippen LogP contribution in [0.5, 0.6) is 0 Å². The van der Waals surface area contributed by atoms with E-state index >= 15 is 0 Å². The van der Waals surface area contributed by atoms with E-state index in [1.165, 1.54) is 23.1 Å². The second kappa shape index (κ2) is 3.94. The average Bonchev–Trinajstić information content (AvgIpc) is 2.59. The van der Waals surface area contributed by atoms with Gasteiger partial charge in [-0.05, 0) is 19.1 Å². The summed E-state index contributed by atoms with van der Waals surface area (Å²) >= 11 is 5.85. The van der Waals surface area contributed by atoms with Crippen molar-refractivity contribution in [2.24, 2.45) is 0 Å². The Morgan fingerprint density at radius 3 is 2.88 bits per heavy atom. The molecule has 0 saturated heterocycles. The van der Waals surface area contributed by atoms with E-state index in [0.29, 0.717) is 10.7 Å². The molecule has 6 heteroatoms. The smallest absolute Gasteiger partial charge is 0.339 e. The SMILES string of the molecule is Cc1nn(-c2ncccc2C(=O)O)cc1Cl. The van der Waals surface area contributed by atoms with E-state index in [9.17, 15) is 4.79 Å². The lowest BCUT2D eigenvalue weighted by Gasteiger charge is -2.03. The summed E-state index contributed by atoms with van der Waals surface area (Å²) in [5.41, 5.74) is 0.713. The Labute approximate surface area is 96.3 Å². The molecule has 1 N–H and O–H groups in total. The monoisotopic (exact) mass is 237 g/mol. The van der Waals surface area contributed by atoms with Crippen molar-refractivity contribution in [2.75, 3.05) is 0 Å². The highest BCUT2D eigenvalue weighted by Crippen LogP contribution is 2.17. The third kappa shape index (κ3) is 1.77. The van der Waals surface area contributed by atoms with Gasteiger partial charge in [0.25, 0.3) is 0 Å². The summed E-state index contributed by atoms with van der Waals surface area (Å²) in [6.45, 7) is 1.74. The van der Waals surface area contributed by atoms with Crippen molar-refractivity contribution >= 4 is 17.6 Å². The van der Waals surface area contributed by atoms with Crippen LogP contribution in [0.2, 0.25) is 5.02 Å². The number of hydrogen-bond donors (Lipinski definition) is 1. The van der Waals surface area contributed by atoms with Gasteiger partial charge in [-0.3, -0.25) is 0 Å². The van der Waals surface area contributed by atoms with Gasteiger partial charge in [-0.25, -0.2) is 14.5 Å². The molecule has 5 nitrogen and oxygen atoms in total. The molecule has 0 aliphatic heterocycles. The van der Waals surface area contributed by atoms with E-state index in [1.54, 1.807) is 13.0 Å². The van der Waals surface area contributed by atoms with Crippen molar-refractivity contribution in [1.82, 2.24) is 14.8 Å². The molecule has 2 rings (SSSR count). The number of carboxylic acids is 1. The molecule has 82 valence electrons. The molecule has 0 radical (unpaired) electrons. The lowest BCUT2D eigenvalue weighted by molar-refractivity contribution is 0.0696. The molecule has 0 aromatic carbocycles. The van der Waals surface area contributed by atoms with Crippen LogP contribution in [0.3, 0.4) is 0 Å². The zero-order valence-electron chi connectivity index (χ0n) is 8.38. The third-order valence-electron chi connectivity index (χ3n) is 2.07. The van der Waals surface area contributed by atoms with Crippen molar-refractivity contribution in [1.29, 1.82) is 0 Å². The summed E-state index contributed by atoms with van der Waals surface area (Å²) in [5.74, 6) is -0.794. The molecule has 0 amide bonds. The molecule has 0 unspecified atom stereocenters. The summed E-state index contributed by atoms with van der Waals surface area (Å²) in [6.07, 6.45) is 3.04. The van der Waals surface area contributed by atoms with Crippen LogP contribution in [-0.2, 0) is 0 Å². The summed E-state index contributed by atoms with van der Waals surface area (Å²) < 4.78 is 1.36. The van der Waals surface area contributed by atoms with Gasteiger partial charge in [-0.1, -0.05) is 11.6 Å². The van der Waals surface area contributed by atoms with Crippen LogP contribution in [0.1, 0.15) is 16.1 Å². The first-order valence-corrected chi connectivity index (χ1v) is 4.88. The summed E-state index contributed by atoms with van der Waals surface area (Å²) in [6, 6.07) is 3.03. The van der Waals surface area contributed by atoms with Crippen LogP contribution in [0, 0.1) is 6.92 Å². The number of carboxylic acid groups (broad SMARTS) is 1. The molecular formula is C10H8ClN3O2. The fourth-order valence-electron chi connectivity index (χ4n) is 1.29. The molecule has 0 atom stereocenters. The predicted molar refractivity (Wildman–Crippen MR) is 58.1 cm³/mol. The minimum absolute atomic E-state index is 0.0849. The van der Waals surface area contributed by atoms with E-state index in [4.69, 9.17) is 16.7 Å². The normalized spacial score (nSPS) is 10.4. The Morgan fingerprint density at radius 2 is 2.31 bits per heavy atom. The first-order valence-electron chi connectivity index (χ1n) is 4.50. The van der Waals surface area contributed by atoms with Gasteiger partial charge in [0.15, 0.2) is 5.82 Å². The second-order valence-electron chi connectivity index (χ2n) is 3.19.